The second-order valence-corrected chi connectivity index (χ2v) is 6.55. The Hall–Kier alpha value is -3.00. The van der Waals surface area contributed by atoms with E-state index in [2.05, 4.69) is 42.2 Å². The molecule has 134 valence electrons. The number of piperazine rings is 1. The maximum absolute atomic E-state index is 12.7. The van der Waals surface area contributed by atoms with Gasteiger partial charge in [0.05, 0.1) is 11.6 Å². The normalized spacial score (nSPS) is 15.3. The van der Waals surface area contributed by atoms with Crippen LogP contribution in [0.3, 0.4) is 0 Å². The molecule has 0 aliphatic carbocycles. The quantitative estimate of drug-likeness (QED) is 0.851. The van der Waals surface area contributed by atoms with Crippen molar-refractivity contribution in [3.8, 4) is 11.8 Å². The molecular formula is C21H23N3O2. The number of hydrogen-bond donors (Lipinski definition) is 0. The fourth-order valence-electron chi connectivity index (χ4n) is 3.13. The highest BCUT2D eigenvalue weighted by Gasteiger charge is 2.26. The van der Waals surface area contributed by atoms with E-state index < -0.39 is 6.10 Å². The molecule has 1 heterocycles. The number of anilines is 1. The second-order valence-electron chi connectivity index (χ2n) is 6.55. The highest BCUT2D eigenvalue weighted by atomic mass is 16.5. The molecule has 5 heteroatoms. The van der Waals surface area contributed by atoms with Gasteiger partial charge in [0, 0.05) is 31.9 Å². The summed E-state index contributed by atoms with van der Waals surface area (Å²) in [5.41, 5.74) is 3.02. The largest absolute Gasteiger partial charge is 0.481 e. The number of aryl methyl sites for hydroxylation is 1. The van der Waals surface area contributed by atoms with Crippen LogP contribution < -0.4 is 9.64 Å². The van der Waals surface area contributed by atoms with Crippen molar-refractivity contribution >= 4 is 11.6 Å². The Kier molecular flexibility index (Phi) is 5.43. The van der Waals surface area contributed by atoms with Gasteiger partial charge in [-0.3, -0.25) is 4.79 Å². The van der Waals surface area contributed by atoms with E-state index in [1.54, 1.807) is 31.2 Å². The van der Waals surface area contributed by atoms with Crippen LogP contribution in [-0.4, -0.2) is 43.1 Å². The van der Waals surface area contributed by atoms with Crippen molar-refractivity contribution in [1.29, 1.82) is 5.26 Å². The lowest BCUT2D eigenvalue weighted by atomic mass is 10.2. The standard InChI is InChI=1S/C21H23N3O2/c1-16-4-3-5-19(14-16)23-10-12-24(13-11-23)21(25)17(2)26-20-8-6-18(15-22)7-9-20/h3-9,14,17H,10-13H2,1-2H3. The summed E-state index contributed by atoms with van der Waals surface area (Å²) in [4.78, 5) is 16.8. The zero-order valence-corrected chi connectivity index (χ0v) is 15.2. The number of benzene rings is 2. The Morgan fingerprint density at radius 2 is 1.81 bits per heavy atom. The number of carbonyl (C=O) groups excluding carboxylic acids is 1. The first-order valence-electron chi connectivity index (χ1n) is 8.84. The molecule has 2 aromatic carbocycles. The summed E-state index contributed by atoms with van der Waals surface area (Å²) in [5.74, 6) is 0.599. The van der Waals surface area contributed by atoms with Crippen LogP contribution >= 0.6 is 0 Å². The maximum Gasteiger partial charge on any atom is 0.263 e. The zero-order chi connectivity index (χ0) is 18.5. The Morgan fingerprint density at radius 3 is 2.42 bits per heavy atom. The molecule has 1 aliphatic rings. The third kappa shape index (κ3) is 4.15. The average Bonchev–Trinajstić information content (AvgIpc) is 2.68. The first-order valence-corrected chi connectivity index (χ1v) is 8.84. The molecule has 1 saturated heterocycles. The molecule has 0 spiro atoms. The van der Waals surface area contributed by atoms with E-state index in [1.807, 2.05) is 4.90 Å². The Morgan fingerprint density at radius 1 is 1.12 bits per heavy atom. The second kappa shape index (κ2) is 7.92. The number of nitriles is 1. The Labute approximate surface area is 154 Å². The molecule has 5 nitrogen and oxygen atoms in total. The summed E-state index contributed by atoms with van der Waals surface area (Å²) >= 11 is 0. The van der Waals surface area contributed by atoms with Gasteiger partial charge in [0.1, 0.15) is 5.75 Å². The summed E-state index contributed by atoms with van der Waals surface area (Å²) in [7, 11) is 0. The number of ether oxygens (including phenoxy) is 1. The van der Waals surface area contributed by atoms with Gasteiger partial charge in [-0.2, -0.15) is 5.26 Å². The summed E-state index contributed by atoms with van der Waals surface area (Å²) in [6.45, 7) is 6.87. The number of amides is 1. The molecule has 0 N–H and O–H groups in total. The highest BCUT2D eigenvalue weighted by molar-refractivity contribution is 5.81. The van der Waals surface area contributed by atoms with Crippen molar-refractivity contribution in [3.05, 3.63) is 59.7 Å². The lowest BCUT2D eigenvalue weighted by Crippen LogP contribution is -2.52. The van der Waals surface area contributed by atoms with E-state index in [0.29, 0.717) is 24.4 Å². The molecule has 3 rings (SSSR count). The number of nitrogens with zero attached hydrogens (tertiary/aromatic N) is 3. The van der Waals surface area contributed by atoms with E-state index in [1.165, 1.54) is 11.3 Å². The van der Waals surface area contributed by atoms with E-state index in [0.717, 1.165) is 13.1 Å². The molecule has 2 aromatic rings. The molecule has 0 saturated carbocycles. The summed E-state index contributed by atoms with van der Waals surface area (Å²) in [6, 6.07) is 17.3. The van der Waals surface area contributed by atoms with Crippen LogP contribution in [0.15, 0.2) is 48.5 Å². The van der Waals surface area contributed by atoms with Crippen LogP contribution in [0.2, 0.25) is 0 Å². The molecule has 1 amide bonds. The Bertz CT molecular complexity index is 803. The van der Waals surface area contributed by atoms with Gasteiger partial charge in [-0.05, 0) is 55.8 Å². The maximum atomic E-state index is 12.7. The minimum absolute atomic E-state index is 0.00162. The average molecular weight is 349 g/mol. The van der Waals surface area contributed by atoms with Crippen molar-refractivity contribution in [1.82, 2.24) is 4.90 Å². The topological polar surface area (TPSA) is 56.6 Å². The number of rotatable bonds is 4. The van der Waals surface area contributed by atoms with Gasteiger partial charge in [0.25, 0.3) is 5.91 Å². The molecule has 0 radical (unpaired) electrons. The van der Waals surface area contributed by atoms with Crippen molar-refractivity contribution in [2.75, 3.05) is 31.1 Å². The predicted octanol–water partition coefficient (Wildman–Crippen LogP) is 2.98. The molecule has 1 unspecified atom stereocenters. The van der Waals surface area contributed by atoms with Crippen LogP contribution in [0.4, 0.5) is 5.69 Å². The van der Waals surface area contributed by atoms with Crippen molar-refractivity contribution in [2.45, 2.75) is 20.0 Å². The van der Waals surface area contributed by atoms with Crippen LogP contribution in [-0.2, 0) is 4.79 Å². The lowest BCUT2D eigenvalue weighted by molar-refractivity contribution is -0.138. The van der Waals surface area contributed by atoms with Gasteiger partial charge in [-0.25, -0.2) is 0 Å². The number of carbonyl (C=O) groups is 1. The van der Waals surface area contributed by atoms with Gasteiger partial charge < -0.3 is 14.5 Å². The molecule has 1 fully saturated rings. The van der Waals surface area contributed by atoms with E-state index in [9.17, 15) is 4.79 Å². The highest BCUT2D eigenvalue weighted by Crippen LogP contribution is 2.19. The molecule has 26 heavy (non-hydrogen) atoms. The fraction of sp³-hybridized carbons (Fsp3) is 0.333. The molecule has 1 atom stereocenters. The van der Waals surface area contributed by atoms with Crippen LogP contribution in [0, 0.1) is 18.3 Å². The summed E-state index contributed by atoms with van der Waals surface area (Å²) in [5, 5.41) is 8.83. The van der Waals surface area contributed by atoms with Crippen LogP contribution in [0.1, 0.15) is 18.1 Å². The van der Waals surface area contributed by atoms with Crippen molar-refractivity contribution in [2.24, 2.45) is 0 Å². The molecule has 0 bridgehead atoms. The van der Waals surface area contributed by atoms with Gasteiger partial charge in [0.2, 0.25) is 0 Å². The third-order valence-electron chi connectivity index (χ3n) is 4.60. The van der Waals surface area contributed by atoms with Gasteiger partial charge in [0.15, 0.2) is 6.10 Å². The molecule has 1 aliphatic heterocycles. The Balaban J connectivity index is 1.54. The first kappa shape index (κ1) is 17.8. The SMILES string of the molecule is Cc1cccc(N2CCN(C(=O)C(C)Oc3ccc(C#N)cc3)CC2)c1. The van der Waals surface area contributed by atoms with E-state index in [4.69, 9.17) is 10.00 Å². The summed E-state index contributed by atoms with van der Waals surface area (Å²) < 4.78 is 5.74. The van der Waals surface area contributed by atoms with E-state index >= 15 is 0 Å². The third-order valence-corrected chi connectivity index (χ3v) is 4.60. The summed E-state index contributed by atoms with van der Waals surface area (Å²) in [6.07, 6.45) is -0.548. The minimum Gasteiger partial charge on any atom is -0.481 e. The fourth-order valence-corrected chi connectivity index (χ4v) is 3.13. The lowest BCUT2D eigenvalue weighted by Gasteiger charge is -2.37. The van der Waals surface area contributed by atoms with E-state index in [-0.39, 0.29) is 5.91 Å². The minimum atomic E-state index is -0.548. The predicted molar refractivity (Wildman–Crippen MR) is 101 cm³/mol. The molecule has 0 aromatic heterocycles. The molecular weight excluding hydrogens is 326 g/mol. The van der Waals surface area contributed by atoms with Gasteiger partial charge >= 0.3 is 0 Å². The van der Waals surface area contributed by atoms with Crippen LogP contribution in [0.25, 0.3) is 0 Å². The zero-order valence-electron chi connectivity index (χ0n) is 15.2. The first-order chi connectivity index (χ1) is 12.6. The number of hydrogen-bond acceptors (Lipinski definition) is 4. The monoisotopic (exact) mass is 349 g/mol. The smallest absolute Gasteiger partial charge is 0.263 e. The van der Waals surface area contributed by atoms with Gasteiger partial charge in [-0.15, -0.1) is 0 Å². The van der Waals surface area contributed by atoms with Crippen molar-refractivity contribution < 1.29 is 9.53 Å². The van der Waals surface area contributed by atoms with Crippen LogP contribution in [0.5, 0.6) is 5.75 Å². The van der Waals surface area contributed by atoms with Crippen molar-refractivity contribution in [3.63, 3.8) is 0 Å². The van der Waals surface area contributed by atoms with Gasteiger partial charge in [-0.1, -0.05) is 12.1 Å².